The molecule has 1 aliphatic heterocycles. The molecule has 166 valence electrons. The molecule has 1 saturated carbocycles. The predicted molar refractivity (Wildman–Crippen MR) is 118 cm³/mol. The third-order valence-electron chi connectivity index (χ3n) is 6.29. The Balaban J connectivity index is 1.38. The minimum atomic E-state index is -3.61. The Kier molecular flexibility index (Phi) is 5.89. The number of hydrogen-bond donors (Lipinski definition) is 0. The van der Waals surface area contributed by atoms with E-state index in [1.165, 1.54) is 36.2 Å². The van der Waals surface area contributed by atoms with E-state index in [2.05, 4.69) is 11.5 Å². The number of hydrogen-bond acceptors (Lipinski definition) is 5. The van der Waals surface area contributed by atoms with Gasteiger partial charge in [0.2, 0.25) is 10.0 Å². The van der Waals surface area contributed by atoms with Gasteiger partial charge in [0.1, 0.15) is 0 Å². The van der Waals surface area contributed by atoms with Crippen molar-refractivity contribution < 1.29 is 18.0 Å². The van der Waals surface area contributed by atoms with E-state index in [9.17, 15) is 18.0 Å². The number of ketones is 2. The Morgan fingerprint density at radius 1 is 1.00 bits per heavy atom. The van der Waals surface area contributed by atoms with Crippen LogP contribution in [0.1, 0.15) is 57.9 Å². The molecule has 1 aromatic carbocycles. The molecule has 2 fully saturated rings. The van der Waals surface area contributed by atoms with Crippen molar-refractivity contribution in [2.45, 2.75) is 44.6 Å². The number of aryl methyl sites for hydroxylation is 1. The van der Waals surface area contributed by atoms with Crippen LogP contribution < -0.4 is 0 Å². The van der Waals surface area contributed by atoms with Gasteiger partial charge in [-0.25, -0.2) is 8.42 Å². The highest BCUT2D eigenvalue weighted by atomic mass is 32.2. The molecule has 0 radical (unpaired) electrons. The van der Waals surface area contributed by atoms with Crippen LogP contribution in [0.25, 0.3) is 0 Å². The number of aromatic nitrogens is 1. The lowest BCUT2D eigenvalue weighted by Crippen LogP contribution is -2.49. The average Bonchev–Trinajstić information content (AvgIpc) is 3.52. The van der Waals surface area contributed by atoms with Gasteiger partial charge in [0.05, 0.1) is 11.4 Å². The van der Waals surface area contributed by atoms with Gasteiger partial charge >= 0.3 is 0 Å². The summed E-state index contributed by atoms with van der Waals surface area (Å²) in [6.45, 7) is 7.52. The van der Waals surface area contributed by atoms with Crippen LogP contribution in [0.4, 0.5) is 0 Å². The van der Waals surface area contributed by atoms with E-state index in [0.29, 0.717) is 44.3 Å². The lowest BCUT2D eigenvalue weighted by Gasteiger charge is -2.33. The van der Waals surface area contributed by atoms with Gasteiger partial charge in [-0.05, 0) is 51.8 Å². The van der Waals surface area contributed by atoms with Crippen LogP contribution in [0.3, 0.4) is 0 Å². The summed E-state index contributed by atoms with van der Waals surface area (Å²) in [4.78, 5) is 26.5. The maximum atomic E-state index is 12.9. The van der Waals surface area contributed by atoms with Crippen molar-refractivity contribution >= 4 is 21.6 Å². The van der Waals surface area contributed by atoms with Gasteiger partial charge in [0.15, 0.2) is 11.6 Å². The summed E-state index contributed by atoms with van der Waals surface area (Å²) in [5.74, 6) is -0.00346. The summed E-state index contributed by atoms with van der Waals surface area (Å²) in [6, 6.07) is 8.58. The molecule has 0 atom stereocenters. The maximum Gasteiger partial charge on any atom is 0.243 e. The van der Waals surface area contributed by atoms with Crippen molar-refractivity contribution in [3.63, 3.8) is 0 Å². The van der Waals surface area contributed by atoms with Crippen LogP contribution in [0.5, 0.6) is 0 Å². The van der Waals surface area contributed by atoms with Crippen molar-refractivity contribution in [2.75, 3.05) is 32.7 Å². The second-order valence-electron chi connectivity index (χ2n) is 8.57. The predicted octanol–water partition coefficient (Wildman–Crippen LogP) is 2.83. The van der Waals surface area contributed by atoms with Crippen molar-refractivity contribution in [2.24, 2.45) is 0 Å². The van der Waals surface area contributed by atoms with Crippen LogP contribution >= 0.6 is 0 Å². The minimum Gasteiger partial charge on any atom is -0.345 e. The minimum absolute atomic E-state index is 0.0936. The van der Waals surface area contributed by atoms with Crippen LogP contribution in [-0.2, 0) is 10.0 Å². The first-order chi connectivity index (χ1) is 14.7. The smallest absolute Gasteiger partial charge is 0.243 e. The quantitative estimate of drug-likeness (QED) is 0.615. The molecule has 1 aliphatic carbocycles. The molecule has 4 rings (SSSR count). The van der Waals surface area contributed by atoms with E-state index in [1.807, 2.05) is 17.9 Å². The van der Waals surface area contributed by atoms with Gasteiger partial charge in [-0.3, -0.25) is 14.5 Å². The molecule has 0 amide bonds. The number of Topliss-reactive ketones (excluding diaryl/α,β-unsaturated/α-hetero) is 2. The van der Waals surface area contributed by atoms with Gasteiger partial charge in [0, 0.05) is 54.7 Å². The molecule has 2 aliphatic rings. The summed E-state index contributed by atoms with van der Waals surface area (Å²) in [5.41, 5.74) is 3.45. The lowest BCUT2D eigenvalue weighted by atomic mass is 10.1. The molecule has 31 heavy (non-hydrogen) atoms. The van der Waals surface area contributed by atoms with Gasteiger partial charge in [0.25, 0.3) is 0 Å². The second-order valence-corrected chi connectivity index (χ2v) is 10.5. The van der Waals surface area contributed by atoms with E-state index in [0.717, 1.165) is 17.0 Å². The highest BCUT2D eigenvalue weighted by Gasteiger charge is 2.31. The zero-order valence-corrected chi connectivity index (χ0v) is 19.1. The molecule has 0 unspecified atom stereocenters. The first-order valence-electron chi connectivity index (χ1n) is 10.7. The fourth-order valence-electron chi connectivity index (χ4n) is 4.38. The van der Waals surface area contributed by atoms with E-state index >= 15 is 0 Å². The Hall–Kier alpha value is -2.29. The highest BCUT2D eigenvalue weighted by Crippen LogP contribution is 2.38. The Morgan fingerprint density at radius 2 is 1.61 bits per heavy atom. The SMILES string of the molecule is CC(=O)c1ccc(S(=O)(=O)N2CCN(CC(=O)c3cc(C)n(C4CC4)c3C)CC2)cc1. The van der Waals surface area contributed by atoms with E-state index in [4.69, 9.17) is 0 Å². The van der Waals surface area contributed by atoms with Crippen LogP contribution in [0, 0.1) is 13.8 Å². The molecule has 1 saturated heterocycles. The molecule has 1 aromatic heterocycles. The normalized spacial score (nSPS) is 18.3. The van der Waals surface area contributed by atoms with Crippen molar-refractivity contribution in [3.8, 4) is 0 Å². The number of carbonyl (C=O) groups excluding carboxylic acids is 2. The Labute approximate surface area is 183 Å². The summed E-state index contributed by atoms with van der Waals surface area (Å²) in [6.07, 6.45) is 2.36. The lowest BCUT2D eigenvalue weighted by molar-refractivity contribution is 0.0900. The van der Waals surface area contributed by atoms with Crippen LogP contribution in [0.2, 0.25) is 0 Å². The van der Waals surface area contributed by atoms with Crippen molar-refractivity contribution in [3.05, 3.63) is 52.8 Å². The number of piperazine rings is 1. The molecular formula is C23H29N3O4S. The van der Waals surface area contributed by atoms with Gasteiger partial charge in [-0.1, -0.05) is 12.1 Å². The summed E-state index contributed by atoms with van der Waals surface area (Å²) in [7, 11) is -3.61. The Bertz CT molecular complexity index is 1110. The monoisotopic (exact) mass is 443 g/mol. The van der Waals surface area contributed by atoms with Gasteiger partial charge in [-0.15, -0.1) is 0 Å². The fraction of sp³-hybridized carbons (Fsp3) is 0.478. The maximum absolute atomic E-state index is 12.9. The molecule has 7 nitrogen and oxygen atoms in total. The number of nitrogens with zero attached hydrogens (tertiary/aromatic N) is 3. The van der Waals surface area contributed by atoms with Crippen LogP contribution in [-0.4, -0.2) is 66.5 Å². The Morgan fingerprint density at radius 3 is 2.16 bits per heavy atom. The van der Waals surface area contributed by atoms with E-state index in [-0.39, 0.29) is 16.5 Å². The molecule has 2 aromatic rings. The zero-order chi connectivity index (χ0) is 22.3. The number of benzene rings is 1. The second kappa shape index (κ2) is 8.33. The van der Waals surface area contributed by atoms with Gasteiger partial charge < -0.3 is 4.57 Å². The number of rotatable bonds is 7. The third-order valence-corrected chi connectivity index (χ3v) is 8.21. The van der Waals surface area contributed by atoms with Crippen LogP contribution in [0.15, 0.2) is 35.2 Å². The standard InChI is InChI=1S/C23H29N3O4S/c1-16-14-22(17(2)26(16)20-6-7-20)23(28)15-24-10-12-25(13-11-24)31(29,30)21-8-4-19(5-9-21)18(3)27/h4-5,8-9,14,20H,6-7,10-13,15H2,1-3H3. The average molecular weight is 444 g/mol. The summed E-state index contributed by atoms with van der Waals surface area (Å²) >= 11 is 0. The van der Waals surface area contributed by atoms with E-state index in [1.54, 1.807) is 12.1 Å². The zero-order valence-electron chi connectivity index (χ0n) is 18.3. The summed E-state index contributed by atoms with van der Waals surface area (Å²) < 4.78 is 29.6. The molecule has 0 spiro atoms. The first kappa shape index (κ1) is 21.9. The van der Waals surface area contributed by atoms with E-state index < -0.39 is 10.0 Å². The third kappa shape index (κ3) is 4.37. The molecular weight excluding hydrogens is 414 g/mol. The fourth-order valence-corrected chi connectivity index (χ4v) is 5.80. The first-order valence-corrected chi connectivity index (χ1v) is 12.2. The topological polar surface area (TPSA) is 79.7 Å². The van der Waals surface area contributed by atoms with Gasteiger partial charge in [-0.2, -0.15) is 4.31 Å². The highest BCUT2D eigenvalue weighted by molar-refractivity contribution is 7.89. The van der Waals surface area contributed by atoms with Crippen molar-refractivity contribution in [1.29, 1.82) is 0 Å². The molecule has 0 N–H and O–H groups in total. The number of sulfonamides is 1. The number of carbonyl (C=O) groups is 2. The van der Waals surface area contributed by atoms with Crippen molar-refractivity contribution in [1.82, 2.24) is 13.8 Å². The molecule has 0 bridgehead atoms. The largest absolute Gasteiger partial charge is 0.345 e. The summed E-state index contributed by atoms with van der Waals surface area (Å²) in [5, 5.41) is 0. The molecule has 8 heteroatoms. The molecule has 2 heterocycles.